The summed E-state index contributed by atoms with van der Waals surface area (Å²) >= 11 is 0. The minimum Gasteiger partial charge on any atom is -0.396 e. The molecule has 230 valence electrons. The van der Waals surface area contributed by atoms with Crippen LogP contribution in [0, 0.1) is 23.7 Å². The van der Waals surface area contributed by atoms with Crippen LogP contribution < -0.4 is 22.1 Å². The summed E-state index contributed by atoms with van der Waals surface area (Å²) in [5.74, 6) is -2.55. The Balaban J connectivity index is 2.95. The van der Waals surface area contributed by atoms with E-state index in [-0.39, 0.29) is 47.6 Å². The van der Waals surface area contributed by atoms with Crippen LogP contribution >= 0.6 is 0 Å². The maximum atomic E-state index is 13.4. The van der Waals surface area contributed by atoms with E-state index in [1.165, 1.54) is 0 Å². The first-order chi connectivity index (χ1) is 19.4. The first kappa shape index (κ1) is 35.8. The Morgan fingerprint density at radius 3 is 2.10 bits per heavy atom. The first-order valence-electron chi connectivity index (χ1n) is 14.8. The van der Waals surface area contributed by atoms with Gasteiger partial charge in [-0.05, 0) is 49.5 Å². The van der Waals surface area contributed by atoms with Gasteiger partial charge in [0.1, 0.15) is 0 Å². The fraction of sp³-hybridized carbons (Fsp3) is 0.645. The summed E-state index contributed by atoms with van der Waals surface area (Å²) in [7, 11) is 0. The third-order valence-corrected chi connectivity index (χ3v) is 6.97. The highest BCUT2D eigenvalue weighted by Crippen LogP contribution is 2.20. The average Bonchev–Trinajstić information content (AvgIpc) is 2.91. The maximum absolute atomic E-state index is 13.4. The van der Waals surface area contributed by atoms with E-state index in [1.807, 2.05) is 65.0 Å². The number of hydrogen-bond donors (Lipinski definition) is 5. The summed E-state index contributed by atoms with van der Waals surface area (Å²) in [6, 6.07) is 7.79. The Morgan fingerprint density at radius 2 is 1.56 bits per heavy atom. The fourth-order valence-corrected chi connectivity index (χ4v) is 4.78. The van der Waals surface area contributed by atoms with Gasteiger partial charge in [-0.25, -0.2) is 0 Å². The highest BCUT2D eigenvalue weighted by molar-refractivity contribution is 5.95. The van der Waals surface area contributed by atoms with Gasteiger partial charge in [0.2, 0.25) is 11.8 Å². The van der Waals surface area contributed by atoms with Gasteiger partial charge < -0.3 is 27.2 Å². The normalized spacial score (nSPS) is 14.1. The smallest absolute Gasteiger partial charge is 0.226 e. The van der Waals surface area contributed by atoms with Crippen LogP contribution in [0.15, 0.2) is 35.3 Å². The van der Waals surface area contributed by atoms with Crippen LogP contribution in [-0.4, -0.2) is 59.7 Å². The highest BCUT2D eigenvalue weighted by atomic mass is 16.3. The molecule has 41 heavy (non-hydrogen) atoms. The summed E-state index contributed by atoms with van der Waals surface area (Å²) in [5, 5.41) is 15.7. The molecule has 7 N–H and O–H groups in total. The van der Waals surface area contributed by atoms with Gasteiger partial charge >= 0.3 is 0 Å². The van der Waals surface area contributed by atoms with Gasteiger partial charge in [-0.2, -0.15) is 0 Å². The lowest BCUT2D eigenvalue weighted by atomic mass is 9.89. The number of Topliss-reactive ketones (excluding diaryl/α,β-unsaturated/α-hetero) is 2. The Morgan fingerprint density at radius 1 is 0.927 bits per heavy atom. The topological polar surface area (TPSA) is 177 Å². The van der Waals surface area contributed by atoms with Gasteiger partial charge in [0, 0.05) is 25.3 Å². The number of ketones is 2. The second-order valence-electron chi connectivity index (χ2n) is 11.5. The third kappa shape index (κ3) is 13.8. The molecular weight excluding hydrogens is 522 g/mol. The lowest BCUT2D eigenvalue weighted by Crippen LogP contribution is -2.49. The highest BCUT2D eigenvalue weighted by Gasteiger charge is 2.32. The van der Waals surface area contributed by atoms with Crippen molar-refractivity contribution in [2.45, 2.75) is 91.6 Å². The van der Waals surface area contributed by atoms with Crippen LogP contribution in [0.2, 0.25) is 0 Å². The Labute approximate surface area is 245 Å². The Hall–Kier alpha value is -3.27. The Bertz CT molecular complexity index is 992. The molecule has 1 aromatic rings. The number of guanidine groups is 1. The van der Waals surface area contributed by atoms with Gasteiger partial charge in [0.25, 0.3) is 0 Å². The zero-order valence-corrected chi connectivity index (χ0v) is 25.4. The molecule has 4 atom stereocenters. The summed E-state index contributed by atoms with van der Waals surface area (Å²) < 4.78 is 0. The van der Waals surface area contributed by atoms with Gasteiger partial charge in [-0.1, -0.05) is 65.0 Å². The van der Waals surface area contributed by atoms with E-state index in [1.54, 1.807) is 0 Å². The summed E-state index contributed by atoms with van der Waals surface area (Å²) in [4.78, 5) is 56.6. The second-order valence-corrected chi connectivity index (χ2v) is 11.5. The number of aliphatic hydroxyl groups excluding tert-OH is 1. The first-order valence-corrected chi connectivity index (χ1v) is 14.8. The van der Waals surface area contributed by atoms with Crippen molar-refractivity contribution in [1.29, 1.82) is 0 Å². The van der Waals surface area contributed by atoms with Crippen LogP contribution in [0.5, 0.6) is 0 Å². The van der Waals surface area contributed by atoms with E-state index in [4.69, 9.17) is 11.5 Å². The molecule has 0 heterocycles. The molecule has 0 aromatic heterocycles. The van der Waals surface area contributed by atoms with E-state index in [0.29, 0.717) is 45.1 Å². The molecule has 0 spiro atoms. The molecule has 1 aromatic carbocycles. The number of carbonyl (C=O) groups is 4. The number of nitrogens with two attached hydrogens (primary N) is 2. The standard InChI is InChI=1S/C31H51N5O5/c1-6-11-26(38)25(17-22-12-8-7-9-13-22)35-30(41)24(19-37)18-27(39)28(21(4)5)36-29(40)23(16-20(2)3)14-10-15-34-31(32)33/h7-9,12-13,20-21,23-25,28,37H,6,10-11,14-19H2,1-5H3,(H,35,41)(H,36,40)(H4,32,33,34)/t23-,24+,25+,28+/m1/s1. The van der Waals surface area contributed by atoms with Crippen molar-refractivity contribution in [3.05, 3.63) is 35.9 Å². The molecule has 0 fully saturated rings. The second kappa shape index (κ2) is 19.0. The molecule has 0 unspecified atom stereocenters. The van der Waals surface area contributed by atoms with Crippen LogP contribution in [0.25, 0.3) is 0 Å². The van der Waals surface area contributed by atoms with E-state index in [0.717, 1.165) is 5.56 Å². The maximum Gasteiger partial charge on any atom is 0.226 e. The number of hydrogen-bond acceptors (Lipinski definition) is 6. The molecule has 0 aliphatic rings. The zero-order valence-electron chi connectivity index (χ0n) is 25.4. The number of benzene rings is 1. The number of carbonyl (C=O) groups excluding carboxylic acids is 4. The summed E-state index contributed by atoms with van der Waals surface area (Å²) in [6.07, 6.45) is 2.85. The monoisotopic (exact) mass is 573 g/mol. The number of amides is 2. The van der Waals surface area contributed by atoms with Crippen molar-refractivity contribution >= 4 is 29.3 Å². The number of aliphatic imine (C=N–C) groups is 1. The molecule has 0 radical (unpaired) electrons. The number of nitrogens with zero attached hydrogens (tertiary/aromatic N) is 1. The van der Waals surface area contributed by atoms with Crippen molar-refractivity contribution in [1.82, 2.24) is 10.6 Å². The quantitative estimate of drug-likeness (QED) is 0.0904. The third-order valence-electron chi connectivity index (χ3n) is 6.97. The largest absolute Gasteiger partial charge is 0.396 e. The van der Waals surface area contributed by atoms with Gasteiger partial charge in [0.15, 0.2) is 17.5 Å². The zero-order chi connectivity index (χ0) is 30.9. The van der Waals surface area contributed by atoms with Gasteiger partial charge in [-0.3, -0.25) is 24.2 Å². The minimum atomic E-state index is -1.04. The molecule has 0 aliphatic carbocycles. The predicted molar refractivity (Wildman–Crippen MR) is 162 cm³/mol. The fourth-order valence-electron chi connectivity index (χ4n) is 4.78. The molecule has 2 amide bonds. The van der Waals surface area contributed by atoms with Crippen molar-refractivity contribution in [3.63, 3.8) is 0 Å². The lowest BCUT2D eigenvalue weighted by Gasteiger charge is -2.27. The van der Waals surface area contributed by atoms with Crippen molar-refractivity contribution in [3.8, 4) is 0 Å². The summed E-state index contributed by atoms with van der Waals surface area (Å²) in [5.41, 5.74) is 11.7. The predicted octanol–water partition coefficient (Wildman–Crippen LogP) is 2.51. The van der Waals surface area contributed by atoms with Gasteiger partial charge in [-0.15, -0.1) is 0 Å². The number of nitrogens with one attached hydrogen (secondary N) is 2. The summed E-state index contributed by atoms with van der Waals surface area (Å²) in [6.45, 7) is 9.46. The van der Waals surface area contributed by atoms with Crippen LogP contribution in [0.4, 0.5) is 0 Å². The van der Waals surface area contributed by atoms with Crippen molar-refractivity contribution in [2.24, 2.45) is 40.1 Å². The Kier molecular flexibility index (Phi) is 16.5. The average molecular weight is 574 g/mol. The number of rotatable bonds is 20. The SMILES string of the molecule is CCCC(=O)[C@H](Cc1ccccc1)NC(=O)[C@H](CO)CC(=O)[C@@H](NC(=O)[C@H](CCCN=C(N)N)CC(C)C)C(C)C. The van der Waals surface area contributed by atoms with Gasteiger partial charge in [0.05, 0.1) is 24.6 Å². The molecule has 1 rings (SSSR count). The lowest BCUT2D eigenvalue weighted by molar-refractivity contribution is -0.135. The number of aliphatic hydroxyl groups is 1. The van der Waals surface area contributed by atoms with E-state index >= 15 is 0 Å². The van der Waals surface area contributed by atoms with Crippen LogP contribution in [0.1, 0.15) is 78.7 Å². The molecule has 10 heteroatoms. The molecule has 0 saturated carbocycles. The van der Waals surface area contributed by atoms with E-state index in [2.05, 4.69) is 15.6 Å². The molecule has 10 nitrogen and oxygen atoms in total. The van der Waals surface area contributed by atoms with E-state index in [9.17, 15) is 24.3 Å². The molecule has 0 aliphatic heterocycles. The molecule has 0 saturated heterocycles. The van der Waals surface area contributed by atoms with Crippen LogP contribution in [-0.2, 0) is 25.6 Å². The minimum absolute atomic E-state index is 0.00363. The molecular formula is C31H51N5O5. The van der Waals surface area contributed by atoms with Crippen molar-refractivity contribution < 1.29 is 24.3 Å². The van der Waals surface area contributed by atoms with E-state index < -0.39 is 30.5 Å². The molecule has 0 bridgehead atoms. The van der Waals surface area contributed by atoms with Crippen molar-refractivity contribution in [2.75, 3.05) is 13.2 Å². The van der Waals surface area contributed by atoms with Crippen LogP contribution in [0.3, 0.4) is 0 Å².